The summed E-state index contributed by atoms with van der Waals surface area (Å²) in [7, 11) is 3.31. The molecule has 0 fully saturated rings. The van der Waals surface area contributed by atoms with Gasteiger partial charge >= 0.3 is 6.03 Å². The molecule has 0 aliphatic carbocycles. The number of rotatable bonds is 6. The van der Waals surface area contributed by atoms with Gasteiger partial charge in [-0.25, -0.2) is 21.5 Å². The van der Waals surface area contributed by atoms with Crippen LogP contribution >= 0.6 is 0 Å². The van der Waals surface area contributed by atoms with E-state index in [-0.39, 0.29) is 6.61 Å². The summed E-state index contributed by atoms with van der Waals surface area (Å²) >= 11 is 0. The molecule has 2 aromatic rings. The molecular weight excluding hydrogens is 384 g/mol. The van der Waals surface area contributed by atoms with Crippen molar-refractivity contribution in [3.8, 4) is 0 Å². The topological polar surface area (TPSA) is 127 Å². The monoisotopic (exact) mass is 414 g/mol. The largest absolute Gasteiger partial charge is 0.475 e. The number of benzene rings is 1. The number of anilines is 1. The Balaban J connectivity index is 2.21. The van der Waals surface area contributed by atoms with Crippen molar-refractivity contribution >= 4 is 23.3 Å². The predicted molar refractivity (Wildman–Crippen MR) is 118 cm³/mol. The van der Waals surface area contributed by atoms with Crippen LogP contribution in [0.4, 0.5) is 10.5 Å². The standard InChI is InChI=1S/C20H30N8O2/c1-7-19(24-23-15(4)17-11-14(3)27(6)25-17)30-12-16-13(2)9-8-10-18(16)28(22)20(29)26(5)21/h8-11H,7,12,21-22H2,1-6H3/b23-15?,24-19+. The number of hydrogen-bond donors (Lipinski definition) is 2. The molecule has 0 unspecified atom stereocenters. The van der Waals surface area contributed by atoms with E-state index in [9.17, 15) is 4.79 Å². The van der Waals surface area contributed by atoms with Crippen LogP contribution in [0.3, 0.4) is 0 Å². The van der Waals surface area contributed by atoms with Crippen LogP contribution in [0.15, 0.2) is 34.5 Å². The summed E-state index contributed by atoms with van der Waals surface area (Å²) in [5.74, 6) is 12.0. The second-order valence-electron chi connectivity index (χ2n) is 6.95. The molecule has 10 heteroatoms. The minimum absolute atomic E-state index is 0.182. The van der Waals surface area contributed by atoms with E-state index in [1.54, 1.807) is 10.7 Å². The minimum atomic E-state index is -0.544. The summed E-state index contributed by atoms with van der Waals surface area (Å²) in [6.07, 6.45) is 0.552. The maximum absolute atomic E-state index is 12.2. The van der Waals surface area contributed by atoms with E-state index in [2.05, 4.69) is 15.3 Å². The Morgan fingerprint density at radius 3 is 2.53 bits per heavy atom. The molecule has 10 nitrogen and oxygen atoms in total. The average molecular weight is 415 g/mol. The number of nitrogens with zero attached hydrogens (tertiary/aromatic N) is 6. The Labute approximate surface area is 176 Å². The van der Waals surface area contributed by atoms with Crippen LogP contribution in [0.1, 0.15) is 42.8 Å². The Morgan fingerprint density at radius 1 is 1.27 bits per heavy atom. The highest BCUT2D eigenvalue weighted by Gasteiger charge is 2.19. The zero-order chi connectivity index (χ0) is 22.4. The molecule has 1 aromatic heterocycles. The molecule has 4 N–H and O–H groups in total. The van der Waals surface area contributed by atoms with E-state index in [1.807, 2.05) is 52.9 Å². The third-order valence-corrected chi connectivity index (χ3v) is 4.63. The molecule has 0 saturated heterocycles. The van der Waals surface area contributed by atoms with Crippen molar-refractivity contribution < 1.29 is 9.53 Å². The second kappa shape index (κ2) is 9.99. The molecule has 0 aliphatic rings. The quantitative estimate of drug-likeness (QED) is 0.247. The first-order valence-corrected chi connectivity index (χ1v) is 9.56. The SMILES string of the molecule is CC/C(=N\N=C(C)c1cc(C)n(C)n1)OCc1c(C)cccc1N(N)C(=O)N(C)N. The predicted octanol–water partition coefficient (Wildman–Crippen LogP) is 2.39. The summed E-state index contributed by atoms with van der Waals surface area (Å²) in [6, 6.07) is 6.87. The fourth-order valence-corrected chi connectivity index (χ4v) is 2.65. The van der Waals surface area contributed by atoms with Crippen LogP contribution in [0.2, 0.25) is 0 Å². The zero-order valence-corrected chi connectivity index (χ0v) is 18.4. The van der Waals surface area contributed by atoms with Crippen molar-refractivity contribution in [2.45, 2.75) is 40.7 Å². The number of nitrogens with two attached hydrogens (primary N) is 2. The number of ether oxygens (including phenoxy) is 1. The van der Waals surface area contributed by atoms with Gasteiger partial charge in [-0.05, 0) is 38.5 Å². The van der Waals surface area contributed by atoms with E-state index >= 15 is 0 Å². The van der Waals surface area contributed by atoms with Gasteiger partial charge in [0.1, 0.15) is 12.3 Å². The van der Waals surface area contributed by atoms with Crippen LogP contribution in [0.25, 0.3) is 0 Å². The lowest BCUT2D eigenvalue weighted by molar-refractivity contribution is 0.216. The average Bonchev–Trinajstić information content (AvgIpc) is 3.06. The van der Waals surface area contributed by atoms with Gasteiger partial charge in [0.25, 0.3) is 0 Å². The fourth-order valence-electron chi connectivity index (χ4n) is 2.65. The third-order valence-electron chi connectivity index (χ3n) is 4.63. The van der Waals surface area contributed by atoms with Gasteiger partial charge in [-0.1, -0.05) is 19.1 Å². The summed E-state index contributed by atoms with van der Waals surface area (Å²) in [5, 5.41) is 14.8. The lowest BCUT2D eigenvalue weighted by atomic mass is 10.1. The van der Waals surface area contributed by atoms with Gasteiger partial charge in [-0.2, -0.15) is 10.2 Å². The first kappa shape index (κ1) is 23.0. The molecule has 2 rings (SSSR count). The molecule has 1 heterocycles. The van der Waals surface area contributed by atoms with Crippen LogP contribution in [0, 0.1) is 13.8 Å². The molecule has 1 aromatic carbocycles. The summed E-state index contributed by atoms with van der Waals surface area (Å²) in [4.78, 5) is 12.2. The Bertz CT molecular complexity index is 942. The van der Waals surface area contributed by atoms with Gasteiger partial charge < -0.3 is 4.74 Å². The van der Waals surface area contributed by atoms with Gasteiger partial charge in [0.05, 0.1) is 11.4 Å². The molecule has 30 heavy (non-hydrogen) atoms. The van der Waals surface area contributed by atoms with Crippen molar-refractivity contribution in [1.29, 1.82) is 0 Å². The lowest BCUT2D eigenvalue weighted by Gasteiger charge is -2.24. The molecule has 162 valence electrons. The summed E-state index contributed by atoms with van der Waals surface area (Å²) in [6.45, 7) is 7.85. The highest BCUT2D eigenvalue weighted by molar-refractivity contribution is 5.97. The van der Waals surface area contributed by atoms with Crippen molar-refractivity contribution in [3.63, 3.8) is 0 Å². The number of amides is 2. The van der Waals surface area contributed by atoms with Crippen molar-refractivity contribution in [1.82, 2.24) is 14.8 Å². The van der Waals surface area contributed by atoms with E-state index < -0.39 is 6.03 Å². The number of hydrogen-bond acceptors (Lipinski definition) is 7. The van der Waals surface area contributed by atoms with E-state index in [4.69, 9.17) is 16.4 Å². The van der Waals surface area contributed by atoms with Gasteiger partial charge in [0.2, 0.25) is 5.90 Å². The van der Waals surface area contributed by atoms with Crippen LogP contribution in [0.5, 0.6) is 0 Å². The Kier molecular flexibility index (Phi) is 7.67. The maximum atomic E-state index is 12.2. The number of aromatic nitrogens is 2. The first-order chi connectivity index (χ1) is 14.1. The molecule has 2 amide bonds. The molecule has 0 aliphatic heterocycles. The highest BCUT2D eigenvalue weighted by atomic mass is 16.5. The van der Waals surface area contributed by atoms with E-state index in [0.29, 0.717) is 23.7 Å². The zero-order valence-electron chi connectivity index (χ0n) is 18.4. The molecule has 0 saturated carbocycles. The minimum Gasteiger partial charge on any atom is -0.475 e. The highest BCUT2D eigenvalue weighted by Crippen LogP contribution is 2.24. The smallest absolute Gasteiger partial charge is 0.352 e. The van der Waals surface area contributed by atoms with E-state index in [1.165, 1.54) is 7.05 Å². The number of hydrazine groups is 2. The third kappa shape index (κ3) is 5.43. The number of carbonyl (C=O) groups excluding carboxylic acids is 1. The van der Waals surface area contributed by atoms with Crippen LogP contribution < -0.4 is 16.7 Å². The normalized spacial score (nSPS) is 12.1. The first-order valence-electron chi connectivity index (χ1n) is 9.56. The van der Waals surface area contributed by atoms with Gasteiger partial charge in [-0.3, -0.25) is 9.69 Å². The molecule has 0 radical (unpaired) electrons. The van der Waals surface area contributed by atoms with Crippen molar-refractivity contribution in [3.05, 3.63) is 46.8 Å². The Morgan fingerprint density at radius 2 is 1.97 bits per heavy atom. The molecule has 0 bridgehead atoms. The second-order valence-corrected chi connectivity index (χ2v) is 6.95. The lowest BCUT2D eigenvalue weighted by Crippen LogP contribution is -2.49. The van der Waals surface area contributed by atoms with Gasteiger partial charge in [0, 0.05) is 31.8 Å². The number of urea groups is 1. The maximum Gasteiger partial charge on any atom is 0.352 e. The number of carbonyl (C=O) groups is 1. The summed E-state index contributed by atoms with van der Waals surface area (Å²) < 4.78 is 7.67. The Hall–Kier alpha value is -3.24. The van der Waals surface area contributed by atoms with Crippen molar-refractivity contribution in [2.24, 2.45) is 28.9 Å². The summed E-state index contributed by atoms with van der Waals surface area (Å²) in [5.41, 5.74) is 4.68. The molecule has 0 spiro atoms. The fraction of sp³-hybridized carbons (Fsp3) is 0.400. The van der Waals surface area contributed by atoms with Crippen LogP contribution in [-0.4, -0.2) is 39.5 Å². The van der Waals surface area contributed by atoms with Gasteiger partial charge in [0.15, 0.2) is 0 Å². The van der Waals surface area contributed by atoms with Gasteiger partial charge in [-0.15, -0.1) is 5.10 Å². The van der Waals surface area contributed by atoms with Crippen LogP contribution in [-0.2, 0) is 18.4 Å². The van der Waals surface area contributed by atoms with Crippen molar-refractivity contribution in [2.75, 3.05) is 12.1 Å². The number of aryl methyl sites for hydroxylation is 3. The van der Waals surface area contributed by atoms with E-state index in [0.717, 1.165) is 32.5 Å². The molecule has 0 atom stereocenters. The molecular formula is C20H30N8O2.